The Kier molecular flexibility index (Phi) is 4.39. The van der Waals surface area contributed by atoms with Crippen LogP contribution in [0.3, 0.4) is 0 Å². The summed E-state index contributed by atoms with van der Waals surface area (Å²) in [6.07, 6.45) is 9.37. The van der Waals surface area contributed by atoms with E-state index in [0.717, 1.165) is 70.8 Å². The second kappa shape index (κ2) is 7.42. The molecule has 0 radical (unpaired) electrons. The summed E-state index contributed by atoms with van der Waals surface area (Å²) in [5.74, 6) is 0. The Hall–Kier alpha value is -3.78. The van der Waals surface area contributed by atoms with Gasteiger partial charge in [-0.15, -0.1) is 0 Å². The number of fused-ring (bicyclic) bond motifs is 2. The van der Waals surface area contributed by atoms with Crippen molar-refractivity contribution >= 4 is 27.5 Å². The maximum atomic E-state index is 4.63. The van der Waals surface area contributed by atoms with E-state index >= 15 is 0 Å². The molecule has 160 valence electrons. The highest BCUT2D eigenvalue weighted by molar-refractivity contribution is 6.00. The number of hydrogen-bond donors (Lipinski definition) is 2. The van der Waals surface area contributed by atoms with E-state index in [9.17, 15) is 0 Å². The third kappa shape index (κ3) is 3.11. The van der Waals surface area contributed by atoms with Crippen LogP contribution < -0.4 is 4.90 Å². The lowest BCUT2D eigenvalue weighted by atomic mass is 10.1. The van der Waals surface area contributed by atoms with Crippen LogP contribution in [-0.4, -0.2) is 68.3 Å². The zero-order valence-corrected chi connectivity index (χ0v) is 18.1. The van der Waals surface area contributed by atoms with Gasteiger partial charge in [0.1, 0.15) is 5.69 Å². The molecule has 0 spiro atoms. The van der Waals surface area contributed by atoms with E-state index in [-0.39, 0.29) is 0 Å². The summed E-state index contributed by atoms with van der Waals surface area (Å²) in [6, 6.07) is 6.28. The minimum Gasteiger partial charge on any atom is -0.367 e. The minimum absolute atomic E-state index is 0.880. The second-order valence-corrected chi connectivity index (χ2v) is 8.47. The first-order chi connectivity index (χ1) is 15.7. The number of nitrogens with one attached hydrogen (secondary N) is 2. The van der Waals surface area contributed by atoms with E-state index in [1.807, 2.05) is 30.9 Å². The quantitative estimate of drug-likeness (QED) is 0.460. The topological polar surface area (TPSA) is 89.6 Å². The number of anilines is 1. The summed E-state index contributed by atoms with van der Waals surface area (Å²) in [5.41, 5.74) is 8.00. The Balaban J connectivity index is 1.45. The predicted octanol–water partition coefficient (Wildman–Crippen LogP) is 3.62. The van der Waals surface area contributed by atoms with Gasteiger partial charge in [0.2, 0.25) is 0 Å². The lowest BCUT2D eigenvalue weighted by molar-refractivity contribution is 0.313. The maximum absolute atomic E-state index is 4.63. The van der Waals surface area contributed by atoms with E-state index in [2.05, 4.69) is 66.0 Å². The number of piperazine rings is 1. The van der Waals surface area contributed by atoms with E-state index in [1.54, 1.807) is 6.20 Å². The molecule has 1 saturated heterocycles. The van der Waals surface area contributed by atoms with Crippen molar-refractivity contribution < 1.29 is 0 Å². The van der Waals surface area contributed by atoms with Gasteiger partial charge in [-0.2, -0.15) is 5.10 Å². The van der Waals surface area contributed by atoms with Crippen molar-refractivity contribution in [2.45, 2.75) is 6.92 Å². The number of rotatable bonds is 3. The van der Waals surface area contributed by atoms with Crippen LogP contribution >= 0.6 is 0 Å². The molecular weight excluding hydrogens is 400 g/mol. The standard InChI is InChI=1S/C24H24N8/c1-15-3-4-25-11-18(15)19-10-17-22(13-27-19)29-30-24(17)20-9-16-21(28-20)12-26-14-23(16)32-7-5-31(2)6-8-32/h3-4,9-14,28H,5-8H2,1-2H3,(H,29,30). The Labute approximate surface area is 185 Å². The highest BCUT2D eigenvalue weighted by atomic mass is 15.3. The molecule has 0 atom stereocenters. The van der Waals surface area contributed by atoms with Crippen LogP contribution in [0.25, 0.3) is 44.5 Å². The molecule has 2 N–H and O–H groups in total. The van der Waals surface area contributed by atoms with Crippen molar-refractivity contribution in [3.05, 3.63) is 54.7 Å². The molecule has 0 saturated carbocycles. The Morgan fingerprint density at radius 3 is 2.62 bits per heavy atom. The monoisotopic (exact) mass is 424 g/mol. The van der Waals surface area contributed by atoms with Gasteiger partial charge in [-0.3, -0.25) is 20.1 Å². The Bertz CT molecular complexity index is 1420. The second-order valence-electron chi connectivity index (χ2n) is 8.47. The first kappa shape index (κ1) is 18.9. The van der Waals surface area contributed by atoms with E-state index in [4.69, 9.17) is 0 Å². The molecular formula is C24H24N8. The SMILES string of the molecule is Cc1ccncc1-c1cc2c(-c3cc4c(N5CCN(C)CC5)cncc4[nH]3)n[nH]c2cn1. The highest BCUT2D eigenvalue weighted by Crippen LogP contribution is 2.34. The third-order valence-corrected chi connectivity index (χ3v) is 6.39. The molecule has 8 nitrogen and oxygen atoms in total. The van der Waals surface area contributed by atoms with Crippen LogP contribution in [0.15, 0.2) is 49.2 Å². The number of pyridine rings is 3. The van der Waals surface area contributed by atoms with Gasteiger partial charge in [-0.05, 0) is 37.7 Å². The van der Waals surface area contributed by atoms with Gasteiger partial charge in [0.05, 0.1) is 46.7 Å². The largest absolute Gasteiger partial charge is 0.367 e. The molecule has 1 aliphatic rings. The molecule has 1 aliphatic heterocycles. The molecule has 6 heterocycles. The van der Waals surface area contributed by atoms with Gasteiger partial charge in [0, 0.05) is 54.9 Å². The molecule has 32 heavy (non-hydrogen) atoms. The molecule has 8 heteroatoms. The molecule has 1 fully saturated rings. The first-order valence-corrected chi connectivity index (χ1v) is 10.8. The average Bonchev–Trinajstić information content (AvgIpc) is 3.43. The fourth-order valence-corrected chi connectivity index (χ4v) is 4.46. The number of H-pyrrole nitrogens is 2. The highest BCUT2D eigenvalue weighted by Gasteiger charge is 2.19. The molecule has 5 aromatic rings. The van der Waals surface area contributed by atoms with E-state index in [1.165, 1.54) is 11.1 Å². The van der Waals surface area contributed by atoms with Gasteiger partial charge >= 0.3 is 0 Å². The summed E-state index contributed by atoms with van der Waals surface area (Å²) in [4.78, 5) is 21.7. The van der Waals surface area contributed by atoms with Gasteiger partial charge in [0.25, 0.3) is 0 Å². The minimum atomic E-state index is 0.880. The van der Waals surface area contributed by atoms with Crippen LogP contribution in [-0.2, 0) is 0 Å². The summed E-state index contributed by atoms with van der Waals surface area (Å²) in [5, 5.41) is 9.95. The summed E-state index contributed by atoms with van der Waals surface area (Å²) >= 11 is 0. The lowest BCUT2D eigenvalue weighted by Gasteiger charge is -2.34. The fraction of sp³-hybridized carbons (Fsp3) is 0.250. The summed E-state index contributed by atoms with van der Waals surface area (Å²) < 4.78 is 0. The van der Waals surface area contributed by atoms with Crippen LogP contribution in [0.2, 0.25) is 0 Å². The first-order valence-electron chi connectivity index (χ1n) is 10.8. The van der Waals surface area contributed by atoms with Gasteiger partial charge in [-0.1, -0.05) is 0 Å². The van der Waals surface area contributed by atoms with Crippen LogP contribution in [0.5, 0.6) is 0 Å². The summed E-state index contributed by atoms with van der Waals surface area (Å²) in [7, 11) is 2.17. The molecule has 0 aromatic carbocycles. The van der Waals surface area contributed by atoms with E-state index in [0.29, 0.717) is 0 Å². The molecule has 0 bridgehead atoms. The zero-order chi connectivity index (χ0) is 21.7. The lowest BCUT2D eigenvalue weighted by Crippen LogP contribution is -2.44. The maximum Gasteiger partial charge on any atom is 0.116 e. The van der Waals surface area contributed by atoms with Gasteiger partial charge < -0.3 is 14.8 Å². The molecule has 0 unspecified atom stereocenters. The predicted molar refractivity (Wildman–Crippen MR) is 127 cm³/mol. The fourth-order valence-electron chi connectivity index (χ4n) is 4.46. The molecule has 0 amide bonds. The average molecular weight is 425 g/mol. The zero-order valence-electron chi connectivity index (χ0n) is 18.1. The Morgan fingerprint density at radius 2 is 1.78 bits per heavy atom. The number of likely N-dealkylation sites (N-methyl/N-ethyl adjacent to an activating group) is 1. The molecule has 0 aliphatic carbocycles. The number of aromatic nitrogens is 6. The Morgan fingerprint density at radius 1 is 0.906 bits per heavy atom. The van der Waals surface area contributed by atoms with Crippen molar-refractivity contribution in [2.75, 3.05) is 38.1 Å². The van der Waals surface area contributed by atoms with Gasteiger partial charge in [-0.25, -0.2) is 0 Å². The summed E-state index contributed by atoms with van der Waals surface area (Å²) in [6.45, 7) is 6.19. The molecule has 6 rings (SSSR count). The van der Waals surface area contributed by atoms with Crippen molar-refractivity contribution in [1.29, 1.82) is 0 Å². The van der Waals surface area contributed by atoms with Crippen LogP contribution in [0.4, 0.5) is 5.69 Å². The van der Waals surface area contributed by atoms with Crippen molar-refractivity contribution in [2.24, 2.45) is 0 Å². The number of hydrogen-bond acceptors (Lipinski definition) is 6. The number of aryl methyl sites for hydroxylation is 1. The normalized spacial score (nSPS) is 15.1. The number of nitrogens with zero attached hydrogens (tertiary/aromatic N) is 6. The van der Waals surface area contributed by atoms with Crippen molar-refractivity contribution in [3.8, 4) is 22.6 Å². The smallest absolute Gasteiger partial charge is 0.116 e. The van der Waals surface area contributed by atoms with Crippen LogP contribution in [0.1, 0.15) is 5.56 Å². The van der Waals surface area contributed by atoms with Crippen molar-refractivity contribution in [3.63, 3.8) is 0 Å². The van der Waals surface area contributed by atoms with Gasteiger partial charge in [0.15, 0.2) is 0 Å². The number of aromatic amines is 2. The van der Waals surface area contributed by atoms with Crippen molar-refractivity contribution in [1.82, 2.24) is 35.0 Å². The van der Waals surface area contributed by atoms with Crippen LogP contribution in [0, 0.1) is 6.92 Å². The third-order valence-electron chi connectivity index (χ3n) is 6.39. The van der Waals surface area contributed by atoms with E-state index < -0.39 is 0 Å². The molecule has 5 aromatic heterocycles.